The van der Waals surface area contributed by atoms with Gasteiger partial charge in [-0.05, 0) is 59.9 Å². The first kappa shape index (κ1) is 20.5. The average molecular weight is 410 g/mol. The first-order valence-corrected chi connectivity index (χ1v) is 9.53. The van der Waals surface area contributed by atoms with Gasteiger partial charge < -0.3 is 9.84 Å². The van der Waals surface area contributed by atoms with Crippen molar-refractivity contribution < 1.29 is 14.6 Å². The number of nitrogens with zero attached hydrogens (tertiary/aromatic N) is 3. The first-order chi connectivity index (χ1) is 13.8. The second-order valence-electron chi connectivity index (χ2n) is 6.91. The molecule has 0 aliphatic carbocycles. The van der Waals surface area contributed by atoms with Crippen molar-refractivity contribution >= 4 is 24.4 Å². The van der Waals surface area contributed by atoms with Crippen LogP contribution in [0.5, 0.6) is 5.75 Å². The van der Waals surface area contributed by atoms with Crippen LogP contribution < -0.4 is 4.74 Å². The van der Waals surface area contributed by atoms with E-state index in [0.29, 0.717) is 16.5 Å². The summed E-state index contributed by atoms with van der Waals surface area (Å²) in [5.74, 6) is 0.707. The number of carboxylic acid groups (broad SMARTS) is 1. The summed E-state index contributed by atoms with van der Waals surface area (Å²) in [4.78, 5) is 10.9. The first-order valence-electron chi connectivity index (χ1n) is 9.12. The number of H-pyrrole nitrogens is 1. The molecule has 0 saturated heterocycles. The number of nitrogens with one attached hydrogen (secondary N) is 1. The van der Waals surface area contributed by atoms with E-state index in [1.165, 1.54) is 16.8 Å². The van der Waals surface area contributed by atoms with Crippen molar-refractivity contribution in [2.75, 3.05) is 0 Å². The van der Waals surface area contributed by atoms with Crippen molar-refractivity contribution in [2.24, 2.45) is 5.10 Å². The van der Waals surface area contributed by atoms with Crippen molar-refractivity contribution in [3.05, 3.63) is 75.3 Å². The van der Waals surface area contributed by atoms with E-state index in [-0.39, 0.29) is 12.2 Å². The molecule has 3 aromatic rings. The van der Waals surface area contributed by atoms with Crippen molar-refractivity contribution in [2.45, 2.75) is 33.3 Å². The fourth-order valence-corrected chi connectivity index (χ4v) is 2.96. The van der Waals surface area contributed by atoms with E-state index in [2.05, 4.69) is 41.3 Å². The van der Waals surface area contributed by atoms with Gasteiger partial charge in [0.15, 0.2) is 5.82 Å². The minimum Gasteiger partial charge on any atom is -0.485 e. The number of aromatic amines is 1. The molecular weight excluding hydrogens is 388 g/mol. The molecule has 8 heteroatoms. The summed E-state index contributed by atoms with van der Waals surface area (Å²) in [5, 5.41) is 20.3. The lowest BCUT2D eigenvalue weighted by atomic mass is 10.0. The summed E-state index contributed by atoms with van der Waals surface area (Å²) in [7, 11) is 0. The van der Waals surface area contributed by atoms with Gasteiger partial charge in [-0.2, -0.15) is 14.9 Å². The highest BCUT2D eigenvalue weighted by Crippen LogP contribution is 2.28. The predicted molar refractivity (Wildman–Crippen MR) is 113 cm³/mol. The third-order valence-electron chi connectivity index (χ3n) is 4.35. The van der Waals surface area contributed by atoms with Crippen LogP contribution in [0.4, 0.5) is 0 Å². The van der Waals surface area contributed by atoms with Crippen LogP contribution in [0.2, 0.25) is 0 Å². The number of aryl methyl sites for hydroxylation is 1. The lowest BCUT2D eigenvalue weighted by molar-refractivity contribution is 0.0697. The number of ether oxygens (including phenoxy) is 1. The van der Waals surface area contributed by atoms with Crippen molar-refractivity contribution in [3.63, 3.8) is 0 Å². The molecule has 1 heterocycles. The minimum absolute atomic E-state index is 0.200. The number of carbonyl (C=O) groups is 1. The Hall–Kier alpha value is -3.26. The highest BCUT2D eigenvalue weighted by molar-refractivity contribution is 7.71. The Labute approximate surface area is 173 Å². The van der Waals surface area contributed by atoms with Gasteiger partial charge in [-0.25, -0.2) is 9.89 Å². The molecule has 0 spiro atoms. The zero-order valence-corrected chi connectivity index (χ0v) is 17.2. The maximum absolute atomic E-state index is 10.9. The van der Waals surface area contributed by atoms with Gasteiger partial charge in [0.1, 0.15) is 12.4 Å². The summed E-state index contributed by atoms with van der Waals surface area (Å²) < 4.78 is 7.86. The fourth-order valence-electron chi connectivity index (χ4n) is 2.76. The summed E-state index contributed by atoms with van der Waals surface area (Å²) in [5.41, 5.74) is 3.20. The van der Waals surface area contributed by atoms with E-state index in [9.17, 15) is 4.79 Å². The lowest BCUT2D eigenvalue weighted by Crippen LogP contribution is -2.06. The molecule has 0 bridgehead atoms. The Morgan fingerprint density at radius 1 is 1.31 bits per heavy atom. The summed E-state index contributed by atoms with van der Waals surface area (Å²) in [6.45, 7) is 6.46. The Morgan fingerprint density at radius 2 is 2.03 bits per heavy atom. The van der Waals surface area contributed by atoms with Gasteiger partial charge in [0.25, 0.3) is 0 Å². The molecule has 0 unspecified atom stereocenters. The lowest BCUT2D eigenvalue weighted by Gasteiger charge is -2.14. The number of hydrogen-bond donors (Lipinski definition) is 2. The van der Waals surface area contributed by atoms with Crippen LogP contribution in [0.1, 0.15) is 52.6 Å². The highest BCUT2D eigenvalue weighted by Gasteiger charge is 2.11. The molecule has 0 fully saturated rings. The topological polar surface area (TPSA) is 92.5 Å². The number of benzene rings is 2. The van der Waals surface area contributed by atoms with Crippen LogP contribution in [0.3, 0.4) is 0 Å². The van der Waals surface area contributed by atoms with Gasteiger partial charge in [0.2, 0.25) is 4.77 Å². The Morgan fingerprint density at radius 3 is 2.69 bits per heavy atom. The molecule has 3 rings (SSSR count). The van der Waals surface area contributed by atoms with E-state index in [1.54, 1.807) is 18.3 Å². The fraction of sp³-hybridized carbons (Fsp3) is 0.238. The van der Waals surface area contributed by atoms with Gasteiger partial charge in [-0.15, -0.1) is 0 Å². The Kier molecular flexibility index (Phi) is 6.23. The van der Waals surface area contributed by atoms with Gasteiger partial charge in [-0.3, -0.25) is 0 Å². The second-order valence-corrected chi connectivity index (χ2v) is 7.30. The SMILES string of the molecule is Cc1ccc(C(C)C)c(OCc2n[nH]c(=S)n2/N=C\c2ccc(C(=O)O)cc2)c1. The molecule has 0 amide bonds. The smallest absolute Gasteiger partial charge is 0.335 e. The quantitative estimate of drug-likeness (QED) is 0.441. The minimum atomic E-state index is -0.970. The van der Waals surface area contributed by atoms with E-state index in [1.807, 2.05) is 13.0 Å². The molecule has 150 valence electrons. The molecule has 0 aliphatic rings. The summed E-state index contributed by atoms with van der Waals surface area (Å²) in [6, 6.07) is 12.5. The van der Waals surface area contributed by atoms with Crippen molar-refractivity contribution in [3.8, 4) is 5.75 Å². The van der Waals surface area contributed by atoms with E-state index >= 15 is 0 Å². The predicted octanol–water partition coefficient (Wildman–Crippen LogP) is 4.53. The van der Waals surface area contributed by atoms with Crippen LogP contribution >= 0.6 is 12.2 Å². The van der Waals surface area contributed by atoms with E-state index in [4.69, 9.17) is 22.1 Å². The zero-order chi connectivity index (χ0) is 21.0. The van der Waals surface area contributed by atoms with Crippen molar-refractivity contribution in [1.29, 1.82) is 0 Å². The molecule has 2 aromatic carbocycles. The zero-order valence-electron chi connectivity index (χ0n) is 16.4. The monoisotopic (exact) mass is 410 g/mol. The van der Waals surface area contributed by atoms with E-state index < -0.39 is 5.97 Å². The molecule has 0 atom stereocenters. The van der Waals surface area contributed by atoms with Crippen LogP contribution in [0.25, 0.3) is 0 Å². The summed E-state index contributed by atoms with van der Waals surface area (Å²) in [6.07, 6.45) is 1.59. The number of hydrogen-bond acceptors (Lipinski definition) is 5. The van der Waals surface area contributed by atoms with Crippen LogP contribution in [-0.4, -0.2) is 32.2 Å². The number of aromatic nitrogens is 3. The molecule has 1 aromatic heterocycles. The Balaban J connectivity index is 1.79. The third-order valence-corrected chi connectivity index (χ3v) is 4.61. The summed E-state index contributed by atoms with van der Waals surface area (Å²) >= 11 is 5.26. The van der Waals surface area contributed by atoms with Crippen molar-refractivity contribution in [1.82, 2.24) is 14.9 Å². The standard InChI is InChI=1S/C21H22N4O3S/c1-13(2)17-9-4-14(3)10-18(17)28-12-19-23-24-21(29)25(19)22-11-15-5-7-16(8-6-15)20(26)27/h4-11,13H,12H2,1-3H3,(H,24,29)(H,26,27)/b22-11-. The van der Waals surface area contributed by atoms with Crippen LogP contribution in [-0.2, 0) is 6.61 Å². The number of rotatable bonds is 7. The maximum atomic E-state index is 10.9. The van der Waals surface area contributed by atoms with E-state index in [0.717, 1.165) is 22.4 Å². The van der Waals surface area contributed by atoms with Gasteiger partial charge >= 0.3 is 5.97 Å². The number of aromatic carboxylic acids is 1. The normalized spacial score (nSPS) is 11.3. The average Bonchev–Trinajstić information content (AvgIpc) is 3.04. The molecule has 7 nitrogen and oxygen atoms in total. The van der Waals surface area contributed by atoms with Crippen LogP contribution in [0, 0.1) is 11.7 Å². The largest absolute Gasteiger partial charge is 0.485 e. The van der Waals surface area contributed by atoms with Gasteiger partial charge in [0.05, 0.1) is 11.8 Å². The van der Waals surface area contributed by atoms with Gasteiger partial charge in [0, 0.05) is 0 Å². The molecule has 29 heavy (non-hydrogen) atoms. The Bertz CT molecular complexity index is 1100. The van der Waals surface area contributed by atoms with Crippen LogP contribution in [0.15, 0.2) is 47.6 Å². The highest BCUT2D eigenvalue weighted by atomic mass is 32.1. The maximum Gasteiger partial charge on any atom is 0.335 e. The second kappa shape index (κ2) is 8.83. The molecule has 2 N–H and O–H groups in total. The van der Waals surface area contributed by atoms with Gasteiger partial charge in [-0.1, -0.05) is 38.1 Å². The molecular formula is C21H22N4O3S. The third kappa shape index (κ3) is 4.97. The molecule has 0 saturated carbocycles. The number of carboxylic acids is 1. The molecule has 0 radical (unpaired) electrons. The molecule has 0 aliphatic heterocycles.